The van der Waals surface area contributed by atoms with Gasteiger partial charge in [0.25, 0.3) is 0 Å². The van der Waals surface area contributed by atoms with Crippen LogP contribution in [0.3, 0.4) is 0 Å². The number of carboxylic acids is 1. The largest absolute Gasteiger partial charge is 0.481 e. The van der Waals surface area contributed by atoms with Crippen molar-refractivity contribution in [2.45, 2.75) is 33.6 Å². The third kappa shape index (κ3) is 4.73. The monoisotopic (exact) mass is 328 g/mol. The number of aliphatic carboxylic acids is 1. The second-order valence-corrected chi connectivity index (χ2v) is 5.66. The quantitative estimate of drug-likeness (QED) is 0.667. The van der Waals surface area contributed by atoms with Crippen molar-refractivity contribution in [3.8, 4) is 0 Å². The van der Waals surface area contributed by atoms with E-state index in [2.05, 4.69) is 10.6 Å². The number of amides is 2. The lowest BCUT2D eigenvalue weighted by Crippen LogP contribution is -2.30. The Kier molecular flexibility index (Phi) is 6.84. The number of nitrogens with one attached hydrogen (secondary N) is 2. The molecule has 0 saturated heterocycles. The van der Waals surface area contributed by atoms with E-state index in [1.54, 1.807) is 6.92 Å². The molecule has 0 fully saturated rings. The van der Waals surface area contributed by atoms with Crippen LogP contribution in [0.5, 0.6) is 0 Å². The van der Waals surface area contributed by atoms with E-state index in [0.717, 1.165) is 10.4 Å². The van der Waals surface area contributed by atoms with Crippen LogP contribution in [-0.4, -0.2) is 36.2 Å². The number of anilines is 1. The van der Waals surface area contributed by atoms with E-state index in [-0.39, 0.29) is 19.6 Å². The normalized spacial score (nSPS) is 10.1. The molecule has 3 N–H and O–H groups in total. The zero-order valence-corrected chi connectivity index (χ0v) is 13.6. The van der Waals surface area contributed by atoms with Gasteiger partial charge in [0.2, 0.25) is 0 Å². The highest BCUT2D eigenvalue weighted by atomic mass is 32.1. The van der Waals surface area contributed by atoms with E-state index >= 15 is 0 Å². The zero-order chi connectivity index (χ0) is 16.7. The maximum atomic E-state index is 12.1. The molecule has 0 atom stereocenters. The average Bonchev–Trinajstić information content (AvgIpc) is 2.74. The molecule has 0 aromatic carbocycles. The molecule has 1 aromatic heterocycles. The number of urea groups is 1. The van der Waals surface area contributed by atoms with Gasteiger partial charge in [0.1, 0.15) is 5.00 Å². The van der Waals surface area contributed by atoms with Crippen molar-refractivity contribution in [2.75, 3.05) is 18.5 Å². The average molecular weight is 328 g/mol. The predicted molar refractivity (Wildman–Crippen MR) is 83.7 cm³/mol. The molecular formula is C14H20N2O5S. The first-order valence-electron chi connectivity index (χ1n) is 6.96. The van der Waals surface area contributed by atoms with Gasteiger partial charge < -0.3 is 15.2 Å². The first-order valence-corrected chi connectivity index (χ1v) is 7.78. The number of carbonyl (C=O) groups is 3. The molecule has 122 valence electrons. The Labute approximate surface area is 132 Å². The van der Waals surface area contributed by atoms with Gasteiger partial charge >= 0.3 is 18.0 Å². The Morgan fingerprint density at radius 2 is 1.95 bits per heavy atom. The summed E-state index contributed by atoms with van der Waals surface area (Å²) in [5.41, 5.74) is 1.23. The second kappa shape index (κ2) is 8.38. The van der Waals surface area contributed by atoms with Gasteiger partial charge in [-0.25, -0.2) is 9.59 Å². The fourth-order valence-electron chi connectivity index (χ4n) is 1.94. The number of thiophene rings is 1. The van der Waals surface area contributed by atoms with Crippen LogP contribution in [0.1, 0.15) is 41.1 Å². The Balaban J connectivity index is 2.87. The van der Waals surface area contributed by atoms with Crippen LogP contribution in [-0.2, 0) is 16.0 Å². The molecular weight excluding hydrogens is 308 g/mol. The van der Waals surface area contributed by atoms with Crippen LogP contribution >= 0.6 is 11.3 Å². The van der Waals surface area contributed by atoms with E-state index in [1.165, 1.54) is 11.3 Å². The Morgan fingerprint density at radius 1 is 1.27 bits per heavy atom. The SMILES string of the molecule is CCOC(=O)c1c(NC(=O)NCCC(=O)O)sc(C)c1CC. The van der Waals surface area contributed by atoms with Crippen molar-refractivity contribution in [1.82, 2.24) is 5.32 Å². The van der Waals surface area contributed by atoms with Crippen molar-refractivity contribution in [2.24, 2.45) is 0 Å². The van der Waals surface area contributed by atoms with Gasteiger partial charge in [-0.15, -0.1) is 11.3 Å². The van der Waals surface area contributed by atoms with Crippen LogP contribution in [0.15, 0.2) is 0 Å². The van der Waals surface area contributed by atoms with E-state index in [4.69, 9.17) is 9.84 Å². The molecule has 8 heteroatoms. The lowest BCUT2D eigenvalue weighted by atomic mass is 10.1. The van der Waals surface area contributed by atoms with Gasteiger partial charge in [0, 0.05) is 11.4 Å². The van der Waals surface area contributed by atoms with Gasteiger partial charge in [-0.1, -0.05) is 6.92 Å². The van der Waals surface area contributed by atoms with E-state index in [1.807, 2.05) is 13.8 Å². The van der Waals surface area contributed by atoms with Crippen LogP contribution in [0.4, 0.5) is 9.80 Å². The molecule has 0 unspecified atom stereocenters. The highest BCUT2D eigenvalue weighted by Gasteiger charge is 2.23. The van der Waals surface area contributed by atoms with Crippen LogP contribution in [0.25, 0.3) is 0 Å². The smallest absolute Gasteiger partial charge is 0.341 e. The maximum Gasteiger partial charge on any atom is 0.341 e. The fraction of sp³-hybridized carbons (Fsp3) is 0.500. The molecule has 2 amide bonds. The maximum absolute atomic E-state index is 12.1. The van der Waals surface area contributed by atoms with E-state index in [0.29, 0.717) is 17.0 Å². The molecule has 0 aliphatic carbocycles. The molecule has 0 bridgehead atoms. The first-order chi connectivity index (χ1) is 10.4. The minimum atomic E-state index is -0.993. The van der Waals surface area contributed by atoms with Crippen molar-refractivity contribution in [3.05, 3.63) is 16.0 Å². The molecule has 22 heavy (non-hydrogen) atoms. The number of rotatable bonds is 7. The van der Waals surface area contributed by atoms with Crippen molar-refractivity contribution in [1.29, 1.82) is 0 Å². The third-order valence-corrected chi connectivity index (χ3v) is 3.96. The number of carbonyl (C=O) groups excluding carboxylic acids is 2. The van der Waals surface area contributed by atoms with Crippen molar-refractivity contribution < 1.29 is 24.2 Å². The van der Waals surface area contributed by atoms with Gasteiger partial charge in [-0.2, -0.15) is 0 Å². The Bertz CT molecular complexity index is 568. The van der Waals surface area contributed by atoms with Crippen molar-refractivity contribution >= 4 is 34.3 Å². The summed E-state index contributed by atoms with van der Waals surface area (Å²) in [4.78, 5) is 35.2. The number of carboxylic acid groups (broad SMARTS) is 1. The summed E-state index contributed by atoms with van der Waals surface area (Å²) in [5.74, 6) is -1.46. The summed E-state index contributed by atoms with van der Waals surface area (Å²) < 4.78 is 5.04. The number of esters is 1. The molecule has 1 rings (SSSR count). The molecule has 0 aliphatic heterocycles. The summed E-state index contributed by atoms with van der Waals surface area (Å²) in [7, 11) is 0. The molecule has 1 heterocycles. The second-order valence-electron chi connectivity index (χ2n) is 4.44. The van der Waals surface area contributed by atoms with E-state index < -0.39 is 18.0 Å². The van der Waals surface area contributed by atoms with Gasteiger partial charge in [0.15, 0.2) is 0 Å². The molecule has 7 nitrogen and oxygen atoms in total. The van der Waals surface area contributed by atoms with Crippen LogP contribution < -0.4 is 10.6 Å². The zero-order valence-electron chi connectivity index (χ0n) is 12.8. The lowest BCUT2D eigenvalue weighted by molar-refractivity contribution is -0.136. The Morgan fingerprint density at radius 3 is 2.50 bits per heavy atom. The summed E-state index contributed by atoms with van der Waals surface area (Å²) in [6.07, 6.45) is 0.487. The third-order valence-electron chi connectivity index (χ3n) is 2.89. The summed E-state index contributed by atoms with van der Waals surface area (Å²) in [6, 6.07) is -0.546. The summed E-state index contributed by atoms with van der Waals surface area (Å²) in [6.45, 7) is 5.78. The number of ether oxygens (including phenoxy) is 1. The molecule has 0 spiro atoms. The minimum Gasteiger partial charge on any atom is -0.481 e. The van der Waals surface area contributed by atoms with Gasteiger partial charge in [0.05, 0.1) is 18.6 Å². The number of aryl methyl sites for hydroxylation is 1. The summed E-state index contributed by atoms with van der Waals surface area (Å²) >= 11 is 1.30. The lowest BCUT2D eigenvalue weighted by Gasteiger charge is -2.08. The highest BCUT2D eigenvalue weighted by molar-refractivity contribution is 7.16. The predicted octanol–water partition coefficient (Wildman–Crippen LogP) is 2.39. The van der Waals surface area contributed by atoms with Crippen LogP contribution in [0, 0.1) is 6.92 Å². The van der Waals surface area contributed by atoms with E-state index in [9.17, 15) is 14.4 Å². The van der Waals surface area contributed by atoms with Gasteiger partial charge in [-0.3, -0.25) is 10.1 Å². The highest BCUT2D eigenvalue weighted by Crippen LogP contribution is 2.34. The molecule has 0 aliphatic rings. The van der Waals surface area contributed by atoms with Crippen molar-refractivity contribution in [3.63, 3.8) is 0 Å². The topological polar surface area (TPSA) is 105 Å². The van der Waals surface area contributed by atoms with Crippen LogP contribution in [0.2, 0.25) is 0 Å². The number of hydrogen-bond donors (Lipinski definition) is 3. The molecule has 1 aromatic rings. The molecule has 0 radical (unpaired) electrons. The molecule has 0 saturated carbocycles. The number of hydrogen-bond acceptors (Lipinski definition) is 5. The minimum absolute atomic E-state index is 0.0148. The van der Waals surface area contributed by atoms with Gasteiger partial charge in [-0.05, 0) is 25.8 Å². The Hall–Kier alpha value is -2.09. The standard InChI is InChI=1S/C14H20N2O5S/c1-4-9-8(3)22-12(11(9)13(19)21-5-2)16-14(20)15-7-6-10(17)18/h4-7H2,1-3H3,(H,17,18)(H2,15,16,20). The fourth-order valence-corrected chi connectivity index (χ4v) is 3.07. The summed E-state index contributed by atoms with van der Waals surface area (Å²) in [5, 5.41) is 14.0. The first kappa shape index (κ1) is 18.0.